The van der Waals surface area contributed by atoms with Gasteiger partial charge in [0.05, 0.1) is 6.10 Å². The first kappa shape index (κ1) is 7.66. The number of hydrogen-bond acceptors (Lipinski definition) is 3. The van der Waals surface area contributed by atoms with Crippen molar-refractivity contribution in [3.8, 4) is 0 Å². The maximum absolute atomic E-state index is 10.2. The second-order valence-electron chi connectivity index (χ2n) is 2.73. The number of methoxy groups -OCH3 is 1. The van der Waals surface area contributed by atoms with Crippen molar-refractivity contribution < 1.29 is 4.74 Å². The largest absolute Gasteiger partial charge is 0.379 e. The molecule has 3 nitrogen and oxygen atoms in total. The minimum absolute atomic E-state index is 0.0845. The van der Waals surface area contributed by atoms with Crippen LogP contribution in [0.3, 0.4) is 0 Å². The van der Waals surface area contributed by atoms with Gasteiger partial charge in [-0.15, -0.1) is 0 Å². The van der Waals surface area contributed by atoms with Crippen molar-refractivity contribution in [2.75, 3.05) is 7.11 Å². The maximum atomic E-state index is 10.2. The maximum Gasteiger partial charge on any atom is 0.118 e. The zero-order valence-electron chi connectivity index (χ0n) is 6.25. The first-order valence-electron chi connectivity index (χ1n) is 3.73. The van der Waals surface area contributed by atoms with Crippen LogP contribution in [0.4, 0.5) is 0 Å². The standard InChI is InChI=1S/C7H13NO2/c1-10-7-5-3-2-4-6(7)8-9/h6-7H,2-5H2,1H3. The molecule has 0 spiro atoms. The topological polar surface area (TPSA) is 38.7 Å². The molecule has 1 rings (SSSR count). The van der Waals surface area contributed by atoms with E-state index in [0.717, 1.165) is 19.3 Å². The second kappa shape index (κ2) is 3.66. The van der Waals surface area contributed by atoms with Crippen LogP contribution in [0.2, 0.25) is 0 Å². The number of nitroso groups, excluding NO2 is 1. The summed E-state index contributed by atoms with van der Waals surface area (Å²) in [6.45, 7) is 0. The molecule has 3 heteroatoms. The quantitative estimate of drug-likeness (QED) is 0.552. The third-order valence-corrected chi connectivity index (χ3v) is 2.11. The Morgan fingerprint density at radius 3 is 2.60 bits per heavy atom. The SMILES string of the molecule is COC1CCCCC1N=O. The highest BCUT2D eigenvalue weighted by Crippen LogP contribution is 2.22. The predicted molar refractivity (Wildman–Crippen MR) is 38.8 cm³/mol. The van der Waals surface area contributed by atoms with Gasteiger partial charge in [0.15, 0.2) is 0 Å². The summed E-state index contributed by atoms with van der Waals surface area (Å²) in [7, 11) is 1.65. The lowest BCUT2D eigenvalue weighted by Crippen LogP contribution is -2.29. The van der Waals surface area contributed by atoms with E-state index in [4.69, 9.17) is 4.74 Å². The molecule has 0 aliphatic heterocycles. The zero-order chi connectivity index (χ0) is 7.40. The van der Waals surface area contributed by atoms with Crippen LogP contribution in [0.25, 0.3) is 0 Å². The average molecular weight is 143 g/mol. The van der Waals surface area contributed by atoms with Gasteiger partial charge in [-0.1, -0.05) is 18.0 Å². The molecule has 0 N–H and O–H groups in total. The third-order valence-electron chi connectivity index (χ3n) is 2.11. The fraction of sp³-hybridized carbons (Fsp3) is 1.00. The molecule has 2 unspecified atom stereocenters. The van der Waals surface area contributed by atoms with Crippen molar-refractivity contribution in [1.29, 1.82) is 0 Å². The molecule has 10 heavy (non-hydrogen) atoms. The lowest BCUT2D eigenvalue weighted by molar-refractivity contribution is 0.0548. The Labute approximate surface area is 60.7 Å². The molecule has 1 fully saturated rings. The summed E-state index contributed by atoms with van der Waals surface area (Å²) in [6.07, 6.45) is 4.28. The van der Waals surface area contributed by atoms with Gasteiger partial charge < -0.3 is 4.74 Å². The van der Waals surface area contributed by atoms with Crippen molar-refractivity contribution in [1.82, 2.24) is 0 Å². The lowest BCUT2D eigenvalue weighted by atomic mass is 9.93. The number of ether oxygens (including phenoxy) is 1. The molecule has 2 atom stereocenters. The molecule has 0 bridgehead atoms. The van der Waals surface area contributed by atoms with E-state index in [1.54, 1.807) is 7.11 Å². The van der Waals surface area contributed by atoms with Crippen molar-refractivity contribution in [2.45, 2.75) is 37.8 Å². The summed E-state index contributed by atoms with van der Waals surface area (Å²) in [6, 6.07) is -0.0845. The summed E-state index contributed by atoms with van der Waals surface area (Å²) >= 11 is 0. The van der Waals surface area contributed by atoms with Crippen LogP contribution in [0.5, 0.6) is 0 Å². The highest BCUT2D eigenvalue weighted by molar-refractivity contribution is 4.80. The van der Waals surface area contributed by atoms with E-state index in [1.165, 1.54) is 6.42 Å². The van der Waals surface area contributed by atoms with Crippen LogP contribution in [0.15, 0.2) is 5.18 Å². The molecule has 0 aromatic heterocycles. The summed E-state index contributed by atoms with van der Waals surface area (Å²) in [5.74, 6) is 0. The van der Waals surface area contributed by atoms with Gasteiger partial charge in [-0.25, -0.2) is 0 Å². The van der Waals surface area contributed by atoms with Crippen LogP contribution in [0, 0.1) is 4.91 Å². The van der Waals surface area contributed by atoms with E-state index < -0.39 is 0 Å². The third kappa shape index (κ3) is 1.53. The molecule has 0 aromatic carbocycles. The smallest absolute Gasteiger partial charge is 0.118 e. The van der Waals surface area contributed by atoms with Crippen molar-refractivity contribution in [3.63, 3.8) is 0 Å². The fourth-order valence-electron chi connectivity index (χ4n) is 1.47. The van der Waals surface area contributed by atoms with E-state index >= 15 is 0 Å². The van der Waals surface area contributed by atoms with Gasteiger partial charge in [0.25, 0.3) is 0 Å². The van der Waals surface area contributed by atoms with Crippen LogP contribution in [-0.2, 0) is 4.74 Å². The highest BCUT2D eigenvalue weighted by atomic mass is 16.5. The summed E-state index contributed by atoms with van der Waals surface area (Å²) in [4.78, 5) is 10.2. The Balaban J connectivity index is 2.41. The van der Waals surface area contributed by atoms with Gasteiger partial charge in [-0.2, -0.15) is 4.91 Å². The highest BCUT2D eigenvalue weighted by Gasteiger charge is 2.25. The Hall–Kier alpha value is -0.440. The normalized spacial score (nSPS) is 33.7. The molecule has 58 valence electrons. The fourth-order valence-corrected chi connectivity index (χ4v) is 1.47. The minimum atomic E-state index is -0.0845. The molecule has 1 aliphatic carbocycles. The van der Waals surface area contributed by atoms with Gasteiger partial charge >= 0.3 is 0 Å². The first-order chi connectivity index (χ1) is 4.88. The predicted octanol–water partition coefficient (Wildman–Crippen LogP) is 1.71. The van der Waals surface area contributed by atoms with Gasteiger partial charge in [-0.3, -0.25) is 0 Å². The molecule has 0 aromatic rings. The summed E-state index contributed by atoms with van der Waals surface area (Å²) in [5, 5.41) is 3.02. The zero-order valence-corrected chi connectivity index (χ0v) is 6.25. The molecule has 0 amide bonds. The van der Waals surface area contributed by atoms with Crippen LogP contribution in [-0.4, -0.2) is 19.3 Å². The molecule has 1 aliphatic rings. The van der Waals surface area contributed by atoms with Gasteiger partial charge in [-0.05, 0) is 12.8 Å². The molecule has 0 saturated heterocycles. The average Bonchev–Trinajstić information content (AvgIpc) is 2.04. The van der Waals surface area contributed by atoms with E-state index in [2.05, 4.69) is 5.18 Å². The molecular weight excluding hydrogens is 130 g/mol. The number of hydrogen-bond donors (Lipinski definition) is 0. The molecule has 1 saturated carbocycles. The number of rotatable bonds is 2. The first-order valence-corrected chi connectivity index (χ1v) is 3.73. The van der Waals surface area contributed by atoms with Gasteiger partial charge in [0.2, 0.25) is 0 Å². The lowest BCUT2D eigenvalue weighted by Gasteiger charge is -2.24. The Morgan fingerprint density at radius 1 is 1.40 bits per heavy atom. The van der Waals surface area contributed by atoms with E-state index in [9.17, 15) is 4.91 Å². The second-order valence-corrected chi connectivity index (χ2v) is 2.73. The van der Waals surface area contributed by atoms with Crippen LogP contribution in [0.1, 0.15) is 25.7 Å². The van der Waals surface area contributed by atoms with E-state index in [-0.39, 0.29) is 12.1 Å². The molecular formula is C7H13NO2. The van der Waals surface area contributed by atoms with Crippen LogP contribution >= 0.6 is 0 Å². The van der Waals surface area contributed by atoms with Crippen molar-refractivity contribution in [2.24, 2.45) is 5.18 Å². The van der Waals surface area contributed by atoms with E-state index in [0.29, 0.717) is 0 Å². The van der Waals surface area contributed by atoms with Crippen molar-refractivity contribution in [3.05, 3.63) is 4.91 Å². The monoisotopic (exact) mass is 143 g/mol. The molecule has 0 radical (unpaired) electrons. The summed E-state index contributed by atoms with van der Waals surface area (Å²) < 4.78 is 5.10. The minimum Gasteiger partial charge on any atom is -0.379 e. The van der Waals surface area contributed by atoms with Crippen LogP contribution < -0.4 is 0 Å². The van der Waals surface area contributed by atoms with Gasteiger partial charge in [0, 0.05) is 7.11 Å². The summed E-state index contributed by atoms with van der Waals surface area (Å²) in [5.41, 5.74) is 0. The van der Waals surface area contributed by atoms with Gasteiger partial charge in [0.1, 0.15) is 6.04 Å². The molecule has 0 heterocycles. The number of nitrogens with zero attached hydrogens (tertiary/aromatic N) is 1. The van der Waals surface area contributed by atoms with Crippen molar-refractivity contribution >= 4 is 0 Å². The van der Waals surface area contributed by atoms with E-state index in [1.807, 2.05) is 0 Å². The Bertz CT molecular complexity index is 116. The Morgan fingerprint density at radius 2 is 2.10 bits per heavy atom. The Kier molecular flexibility index (Phi) is 2.81.